The van der Waals surface area contributed by atoms with Crippen molar-refractivity contribution in [3.8, 4) is 5.75 Å². The van der Waals surface area contributed by atoms with E-state index in [1.54, 1.807) is 42.2 Å². The zero-order chi connectivity index (χ0) is 25.4. The number of likely N-dealkylation sites (N-methyl/N-ethyl adjacent to an activating group) is 1. The third-order valence-electron chi connectivity index (χ3n) is 5.68. The van der Waals surface area contributed by atoms with Crippen LogP contribution in [0, 0.1) is 5.92 Å². The highest BCUT2D eigenvalue weighted by Crippen LogP contribution is 2.26. The second kappa shape index (κ2) is 12.6. The summed E-state index contributed by atoms with van der Waals surface area (Å²) in [4.78, 5) is 41.5. The first kappa shape index (κ1) is 27.4. The zero-order valence-corrected chi connectivity index (χ0v) is 21.2. The van der Waals surface area contributed by atoms with Crippen molar-refractivity contribution in [2.45, 2.75) is 45.9 Å². The number of nitrogens with zero attached hydrogens (tertiary/aromatic N) is 2. The van der Waals surface area contributed by atoms with E-state index in [9.17, 15) is 14.4 Å². The van der Waals surface area contributed by atoms with Gasteiger partial charge >= 0.3 is 6.03 Å². The molecule has 0 radical (unpaired) electrons. The number of hydrogen-bond donors (Lipinski definition) is 2. The van der Waals surface area contributed by atoms with Crippen molar-refractivity contribution < 1.29 is 28.6 Å². The van der Waals surface area contributed by atoms with Crippen LogP contribution >= 0.6 is 0 Å². The predicted octanol–water partition coefficient (Wildman–Crippen LogP) is 2.20. The Hall–Kier alpha value is -2.85. The van der Waals surface area contributed by atoms with E-state index >= 15 is 0 Å². The minimum Gasteiger partial charge on any atom is -0.491 e. The molecule has 0 aromatic heterocycles. The van der Waals surface area contributed by atoms with Gasteiger partial charge in [0.05, 0.1) is 17.7 Å². The van der Waals surface area contributed by atoms with E-state index in [0.717, 1.165) is 0 Å². The first-order valence-electron chi connectivity index (χ1n) is 11.5. The van der Waals surface area contributed by atoms with Crippen molar-refractivity contribution >= 4 is 23.5 Å². The standard InChI is InChI=1S/C24H38N4O6/c1-15(2)25-24(31)28-11-16(3)21(33-7)12-27(5)23(30)19-10-18(26-22(29)14-32-6)8-9-20(19)34-13-17(28)4/h8-10,15-17,21H,11-14H2,1-7H3,(H,25,31)(H,26,29)/t16-,17-,21+/m0/s1. The third-order valence-corrected chi connectivity index (χ3v) is 5.68. The zero-order valence-electron chi connectivity index (χ0n) is 21.2. The minimum atomic E-state index is -0.328. The quantitative estimate of drug-likeness (QED) is 0.672. The van der Waals surface area contributed by atoms with Crippen LogP contribution in [0.3, 0.4) is 0 Å². The lowest BCUT2D eigenvalue weighted by molar-refractivity contribution is -0.119. The number of benzene rings is 1. The van der Waals surface area contributed by atoms with E-state index < -0.39 is 0 Å². The third kappa shape index (κ3) is 7.33. The molecular weight excluding hydrogens is 440 g/mol. The number of rotatable bonds is 5. The van der Waals surface area contributed by atoms with Crippen molar-refractivity contribution in [3.63, 3.8) is 0 Å². The summed E-state index contributed by atoms with van der Waals surface area (Å²) in [6.07, 6.45) is -0.288. The molecule has 1 aliphatic heterocycles. The Morgan fingerprint density at radius 2 is 1.91 bits per heavy atom. The Balaban J connectivity index is 2.42. The maximum absolute atomic E-state index is 13.3. The van der Waals surface area contributed by atoms with Gasteiger partial charge in [0.1, 0.15) is 19.0 Å². The van der Waals surface area contributed by atoms with Gasteiger partial charge in [0, 0.05) is 52.0 Å². The summed E-state index contributed by atoms with van der Waals surface area (Å²) >= 11 is 0. The van der Waals surface area contributed by atoms with Crippen molar-refractivity contribution in [3.05, 3.63) is 23.8 Å². The highest BCUT2D eigenvalue weighted by Gasteiger charge is 2.30. The van der Waals surface area contributed by atoms with Crippen LogP contribution in [0.2, 0.25) is 0 Å². The summed E-state index contributed by atoms with van der Waals surface area (Å²) in [5.74, 6) is -0.250. The van der Waals surface area contributed by atoms with Crippen LogP contribution in [0.25, 0.3) is 0 Å². The number of urea groups is 1. The molecule has 0 bridgehead atoms. The van der Waals surface area contributed by atoms with Gasteiger partial charge in [-0.3, -0.25) is 9.59 Å². The van der Waals surface area contributed by atoms with Gasteiger partial charge in [-0.15, -0.1) is 0 Å². The number of carbonyl (C=O) groups is 3. The lowest BCUT2D eigenvalue weighted by atomic mass is 10.0. The van der Waals surface area contributed by atoms with E-state index in [-0.39, 0.29) is 55.2 Å². The molecule has 1 heterocycles. The van der Waals surface area contributed by atoms with Crippen molar-refractivity contribution in [1.29, 1.82) is 0 Å². The molecule has 2 N–H and O–H groups in total. The summed E-state index contributed by atoms with van der Waals surface area (Å²) in [6, 6.07) is 4.46. The SMILES string of the molecule is COCC(=O)Nc1ccc2c(c1)C(=O)N(C)C[C@@H](OC)[C@@H](C)CN(C(=O)NC(C)C)[C@@H](C)CO2. The number of anilines is 1. The first-order chi connectivity index (χ1) is 16.1. The van der Waals surface area contributed by atoms with Crippen LogP contribution in [-0.2, 0) is 14.3 Å². The molecular formula is C24H38N4O6. The van der Waals surface area contributed by atoms with Crippen molar-refractivity contribution in [2.75, 3.05) is 52.9 Å². The van der Waals surface area contributed by atoms with Crippen LogP contribution in [0.15, 0.2) is 18.2 Å². The molecule has 3 atom stereocenters. The van der Waals surface area contributed by atoms with Crippen LogP contribution in [-0.4, -0.2) is 93.4 Å². The molecule has 0 unspecified atom stereocenters. The van der Waals surface area contributed by atoms with Crippen molar-refractivity contribution in [1.82, 2.24) is 15.1 Å². The van der Waals surface area contributed by atoms with Gasteiger partial charge < -0.3 is 34.6 Å². The minimum absolute atomic E-state index is 0.00764. The van der Waals surface area contributed by atoms with Crippen LogP contribution in [0.4, 0.5) is 10.5 Å². The number of fused-ring (bicyclic) bond motifs is 1. The molecule has 2 rings (SSSR count). The number of ether oxygens (including phenoxy) is 3. The maximum atomic E-state index is 13.3. The summed E-state index contributed by atoms with van der Waals surface area (Å²) in [5.41, 5.74) is 0.770. The number of amides is 4. The average Bonchev–Trinajstić information content (AvgIpc) is 2.77. The van der Waals surface area contributed by atoms with E-state index in [4.69, 9.17) is 14.2 Å². The van der Waals surface area contributed by atoms with E-state index in [1.165, 1.54) is 7.11 Å². The monoisotopic (exact) mass is 478 g/mol. The summed E-state index contributed by atoms with van der Waals surface area (Å²) in [6.45, 7) is 8.60. The molecule has 1 aromatic carbocycles. The fraction of sp³-hybridized carbons (Fsp3) is 0.625. The Bertz CT molecular complexity index is 862. The van der Waals surface area contributed by atoms with Gasteiger partial charge in [-0.1, -0.05) is 6.92 Å². The molecule has 10 nitrogen and oxygen atoms in total. The molecule has 34 heavy (non-hydrogen) atoms. The smallest absolute Gasteiger partial charge is 0.317 e. The molecule has 0 saturated carbocycles. The number of methoxy groups -OCH3 is 2. The molecule has 190 valence electrons. The molecule has 1 aliphatic rings. The topological polar surface area (TPSA) is 109 Å². The summed E-state index contributed by atoms with van der Waals surface area (Å²) in [5, 5.41) is 5.67. The lowest BCUT2D eigenvalue weighted by Crippen LogP contribution is -2.52. The lowest BCUT2D eigenvalue weighted by Gasteiger charge is -2.36. The van der Waals surface area contributed by atoms with Gasteiger partial charge in [0.2, 0.25) is 5.91 Å². The normalized spacial score (nSPS) is 21.8. The average molecular weight is 479 g/mol. The Morgan fingerprint density at radius 3 is 2.53 bits per heavy atom. The Labute approximate surface area is 201 Å². The summed E-state index contributed by atoms with van der Waals surface area (Å²) < 4.78 is 16.6. The second-order valence-electron chi connectivity index (χ2n) is 9.05. The first-order valence-corrected chi connectivity index (χ1v) is 11.5. The highest BCUT2D eigenvalue weighted by atomic mass is 16.5. The molecule has 0 fully saturated rings. The van der Waals surface area contributed by atoms with E-state index in [2.05, 4.69) is 10.6 Å². The molecule has 1 aromatic rings. The number of nitrogens with one attached hydrogen (secondary N) is 2. The Morgan fingerprint density at radius 1 is 1.21 bits per heavy atom. The van der Waals surface area contributed by atoms with Crippen LogP contribution in [0.1, 0.15) is 38.1 Å². The molecule has 4 amide bonds. The number of hydrogen-bond acceptors (Lipinski definition) is 6. The van der Waals surface area contributed by atoms with Crippen molar-refractivity contribution in [2.24, 2.45) is 5.92 Å². The van der Waals surface area contributed by atoms with Gasteiger partial charge in [-0.25, -0.2) is 4.79 Å². The largest absolute Gasteiger partial charge is 0.491 e. The summed E-state index contributed by atoms with van der Waals surface area (Å²) in [7, 11) is 4.73. The maximum Gasteiger partial charge on any atom is 0.317 e. The fourth-order valence-corrected chi connectivity index (χ4v) is 3.80. The highest BCUT2D eigenvalue weighted by molar-refractivity contribution is 5.99. The molecule has 10 heteroatoms. The van der Waals surface area contributed by atoms with E-state index in [1.807, 2.05) is 27.7 Å². The second-order valence-corrected chi connectivity index (χ2v) is 9.05. The molecule has 0 saturated heterocycles. The van der Waals surface area contributed by atoms with Gasteiger partial charge in [0.25, 0.3) is 5.91 Å². The van der Waals surface area contributed by atoms with Gasteiger partial charge in [-0.2, -0.15) is 0 Å². The van der Waals surface area contributed by atoms with Gasteiger partial charge in [0.15, 0.2) is 0 Å². The fourth-order valence-electron chi connectivity index (χ4n) is 3.80. The van der Waals surface area contributed by atoms with Crippen LogP contribution in [0.5, 0.6) is 5.75 Å². The van der Waals surface area contributed by atoms with E-state index in [0.29, 0.717) is 30.1 Å². The van der Waals surface area contributed by atoms with Gasteiger partial charge in [-0.05, 0) is 39.0 Å². The van der Waals surface area contributed by atoms with Crippen LogP contribution < -0.4 is 15.4 Å². The Kier molecular flexibility index (Phi) is 10.1. The molecule has 0 aliphatic carbocycles. The number of carbonyl (C=O) groups excluding carboxylic acids is 3. The predicted molar refractivity (Wildman–Crippen MR) is 129 cm³/mol. The molecule has 0 spiro atoms.